The van der Waals surface area contributed by atoms with Gasteiger partial charge in [-0.15, -0.1) is 0 Å². The van der Waals surface area contributed by atoms with Crippen LogP contribution < -0.4 is 10.1 Å². The van der Waals surface area contributed by atoms with Gasteiger partial charge >= 0.3 is 0 Å². The second-order valence-electron chi connectivity index (χ2n) is 5.07. The summed E-state index contributed by atoms with van der Waals surface area (Å²) in [5.74, 6) is -0.0427. The lowest BCUT2D eigenvalue weighted by molar-refractivity contribution is 0.383. The highest BCUT2D eigenvalue weighted by Crippen LogP contribution is 2.22. The number of halogens is 1. The van der Waals surface area contributed by atoms with Crippen molar-refractivity contribution in [2.24, 2.45) is 0 Å². The van der Waals surface area contributed by atoms with Gasteiger partial charge in [0.05, 0.1) is 19.3 Å². The van der Waals surface area contributed by atoms with Gasteiger partial charge in [-0.25, -0.2) is 4.39 Å². The molecule has 0 spiro atoms. The largest absolute Gasteiger partial charge is 0.494 e. The van der Waals surface area contributed by atoms with Crippen LogP contribution in [0.2, 0.25) is 0 Å². The molecule has 2 aromatic rings. The zero-order valence-corrected chi connectivity index (χ0v) is 11.5. The lowest BCUT2D eigenvalue weighted by Crippen LogP contribution is -2.19. The summed E-state index contributed by atoms with van der Waals surface area (Å²) in [5, 5.41) is 7.72. The molecule has 1 N–H and O–H groups in total. The number of nitrogens with one attached hydrogen (secondary N) is 1. The molecule has 0 unspecified atom stereocenters. The van der Waals surface area contributed by atoms with Gasteiger partial charge in [0.15, 0.2) is 11.6 Å². The van der Waals surface area contributed by atoms with E-state index in [-0.39, 0.29) is 11.6 Å². The first-order valence-electron chi connectivity index (χ1n) is 6.83. The number of hydrogen-bond acceptors (Lipinski definition) is 3. The summed E-state index contributed by atoms with van der Waals surface area (Å²) in [4.78, 5) is 0. The van der Waals surface area contributed by atoms with Gasteiger partial charge in [-0.2, -0.15) is 5.10 Å². The van der Waals surface area contributed by atoms with Crippen LogP contribution in [0.1, 0.15) is 24.1 Å². The van der Waals surface area contributed by atoms with Crippen molar-refractivity contribution in [3.63, 3.8) is 0 Å². The monoisotopic (exact) mass is 275 g/mol. The Bertz CT molecular complexity index is 593. The summed E-state index contributed by atoms with van der Waals surface area (Å²) in [6, 6.07) is 7.79. The van der Waals surface area contributed by atoms with Crippen molar-refractivity contribution >= 4 is 0 Å². The molecule has 1 saturated carbocycles. The average Bonchev–Trinajstić information content (AvgIpc) is 3.19. The van der Waals surface area contributed by atoms with Gasteiger partial charge in [0.2, 0.25) is 0 Å². The Morgan fingerprint density at radius 2 is 2.25 bits per heavy atom. The first-order chi connectivity index (χ1) is 9.78. The van der Waals surface area contributed by atoms with Crippen LogP contribution in [-0.2, 0) is 13.1 Å². The zero-order valence-electron chi connectivity index (χ0n) is 11.5. The number of benzene rings is 1. The first-order valence-corrected chi connectivity index (χ1v) is 6.83. The van der Waals surface area contributed by atoms with E-state index in [0.29, 0.717) is 18.2 Å². The van der Waals surface area contributed by atoms with Crippen LogP contribution in [0.4, 0.5) is 4.39 Å². The molecule has 0 radical (unpaired) electrons. The van der Waals surface area contributed by atoms with E-state index in [1.54, 1.807) is 24.4 Å². The highest BCUT2D eigenvalue weighted by atomic mass is 19.1. The predicted octanol–water partition coefficient (Wildman–Crippen LogP) is 2.33. The molecule has 0 saturated heterocycles. The predicted molar refractivity (Wildman–Crippen MR) is 74.1 cm³/mol. The maximum atomic E-state index is 14.1. The molecule has 20 heavy (non-hydrogen) atoms. The minimum atomic E-state index is -0.313. The van der Waals surface area contributed by atoms with Gasteiger partial charge in [-0.3, -0.25) is 4.68 Å². The van der Waals surface area contributed by atoms with Crippen LogP contribution in [0.3, 0.4) is 0 Å². The molecule has 4 nitrogen and oxygen atoms in total. The van der Waals surface area contributed by atoms with Crippen molar-refractivity contribution in [1.82, 2.24) is 15.1 Å². The molecule has 3 rings (SSSR count). The molecular formula is C15H18FN3O. The second kappa shape index (κ2) is 5.63. The molecule has 0 atom stereocenters. The topological polar surface area (TPSA) is 39.1 Å². The molecule has 1 aliphatic rings. The maximum absolute atomic E-state index is 14.1. The summed E-state index contributed by atoms with van der Waals surface area (Å²) >= 11 is 0. The highest BCUT2D eigenvalue weighted by Gasteiger charge is 2.20. The fraction of sp³-hybridized carbons (Fsp3) is 0.400. The van der Waals surface area contributed by atoms with Crippen molar-refractivity contribution in [1.29, 1.82) is 0 Å². The third kappa shape index (κ3) is 2.82. The van der Waals surface area contributed by atoms with Gasteiger partial charge in [0, 0.05) is 24.3 Å². The van der Waals surface area contributed by atoms with Gasteiger partial charge in [0.1, 0.15) is 0 Å². The van der Waals surface area contributed by atoms with Crippen molar-refractivity contribution in [2.45, 2.75) is 32.0 Å². The number of methoxy groups -OCH3 is 1. The Morgan fingerprint density at radius 1 is 1.40 bits per heavy atom. The summed E-state index contributed by atoms with van der Waals surface area (Å²) in [6.07, 6.45) is 4.25. The van der Waals surface area contributed by atoms with Crippen molar-refractivity contribution < 1.29 is 9.13 Å². The fourth-order valence-electron chi connectivity index (χ4n) is 2.19. The number of ether oxygens (including phenoxy) is 1. The summed E-state index contributed by atoms with van der Waals surface area (Å²) < 4.78 is 21.0. The van der Waals surface area contributed by atoms with Crippen molar-refractivity contribution in [3.05, 3.63) is 47.5 Å². The standard InChI is InChI=1S/C15H18FN3O/c1-20-14-4-2-3-11(15(14)16)10-19-13(7-8-18-19)9-17-12-5-6-12/h2-4,7-8,12,17H,5-6,9-10H2,1H3. The van der Waals surface area contributed by atoms with E-state index in [1.807, 2.05) is 10.7 Å². The Morgan fingerprint density at radius 3 is 3.00 bits per heavy atom. The maximum Gasteiger partial charge on any atom is 0.170 e. The number of aromatic nitrogens is 2. The summed E-state index contributed by atoms with van der Waals surface area (Å²) in [6.45, 7) is 1.19. The molecule has 5 heteroatoms. The zero-order chi connectivity index (χ0) is 13.9. The van der Waals surface area contributed by atoms with Gasteiger partial charge in [0.25, 0.3) is 0 Å². The third-order valence-corrected chi connectivity index (χ3v) is 3.54. The van der Waals surface area contributed by atoms with Crippen LogP contribution in [-0.4, -0.2) is 22.9 Å². The molecular weight excluding hydrogens is 257 g/mol. The molecule has 1 heterocycles. The normalized spacial score (nSPS) is 14.5. The van der Waals surface area contributed by atoms with Crippen molar-refractivity contribution in [3.8, 4) is 5.75 Å². The van der Waals surface area contributed by atoms with Crippen LogP contribution in [0.25, 0.3) is 0 Å². The lowest BCUT2D eigenvalue weighted by Gasteiger charge is -2.10. The van der Waals surface area contributed by atoms with E-state index in [9.17, 15) is 4.39 Å². The smallest absolute Gasteiger partial charge is 0.170 e. The van der Waals surface area contributed by atoms with E-state index >= 15 is 0 Å². The molecule has 106 valence electrons. The summed E-state index contributed by atoms with van der Waals surface area (Å²) in [7, 11) is 1.47. The number of nitrogens with zero attached hydrogens (tertiary/aromatic N) is 2. The number of rotatable bonds is 6. The van der Waals surface area contributed by atoms with Gasteiger partial charge in [-0.05, 0) is 25.0 Å². The van der Waals surface area contributed by atoms with Crippen LogP contribution >= 0.6 is 0 Å². The second-order valence-corrected chi connectivity index (χ2v) is 5.07. The molecule has 1 aliphatic carbocycles. The Hall–Kier alpha value is -1.88. The number of hydrogen-bond donors (Lipinski definition) is 1. The lowest BCUT2D eigenvalue weighted by atomic mass is 10.2. The molecule has 0 amide bonds. The Balaban J connectivity index is 1.75. The van der Waals surface area contributed by atoms with E-state index in [0.717, 1.165) is 12.2 Å². The van der Waals surface area contributed by atoms with E-state index < -0.39 is 0 Å². The SMILES string of the molecule is COc1cccc(Cn2nccc2CNC2CC2)c1F. The Kier molecular flexibility index (Phi) is 3.69. The van der Waals surface area contributed by atoms with E-state index in [4.69, 9.17) is 4.74 Å². The van der Waals surface area contributed by atoms with Crippen LogP contribution in [0.5, 0.6) is 5.75 Å². The third-order valence-electron chi connectivity index (χ3n) is 3.54. The molecule has 0 bridgehead atoms. The quantitative estimate of drug-likeness (QED) is 0.879. The van der Waals surface area contributed by atoms with Crippen molar-refractivity contribution in [2.75, 3.05) is 7.11 Å². The van der Waals surface area contributed by atoms with Gasteiger partial charge in [-0.1, -0.05) is 12.1 Å². The molecule has 0 aliphatic heterocycles. The van der Waals surface area contributed by atoms with E-state index in [1.165, 1.54) is 20.0 Å². The molecule has 1 fully saturated rings. The molecule has 1 aromatic heterocycles. The van der Waals surface area contributed by atoms with Crippen LogP contribution in [0.15, 0.2) is 30.5 Å². The average molecular weight is 275 g/mol. The fourth-order valence-corrected chi connectivity index (χ4v) is 2.19. The Labute approximate surface area is 117 Å². The van der Waals surface area contributed by atoms with E-state index in [2.05, 4.69) is 10.4 Å². The first kappa shape index (κ1) is 13.1. The minimum Gasteiger partial charge on any atom is -0.494 e. The van der Waals surface area contributed by atoms with Gasteiger partial charge < -0.3 is 10.1 Å². The van der Waals surface area contributed by atoms with Crippen LogP contribution in [0, 0.1) is 5.82 Å². The summed E-state index contributed by atoms with van der Waals surface area (Å²) in [5.41, 5.74) is 1.65. The molecule has 1 aromatic carbocycles. The minimum absolute atomic E-state index is 0.271. The highest BCUT2D eigenvalue weighted by molar-refractivity contribution is 5.31.